The van der Waals surface area contributed by atoms with E-state index in [1.165, 1.54) is 16.8 Å². The molecule has 0 spiro atoms. The van der Waals surface area contributed by atoms with Gasteiger partial charge in [0.2, 0.25) is 0 Å². The minimum absolute atomic E-state index is 0.0392. The number of nitrogens with zero attached hydrogens (tertiary/aromatic N) is 1. The average molecular weight is 257 g/mol. The van der Waals surface area contributed by atoms with Crippen molar-refractivity contribution in [3.8, 4) is 0 Å². The summed E-state index contributed by atoms with van der Waals surface area (Å²) in [6.45, 7) is -0.432. The van der Waals surface area contributed by atoms with Crippen LogP contribution in [-0.2, 0) is 4.74 Å². The van der Waals surface area contributed by atoms with Crippen molar-refractivity contribution >= 4 is 11.7 Å². The van der Waals surface area contributed by atoms with Crippen molar-refractivity contribution in [2.24, 2.45) is 5.73 Å². The zero-order valence-electron chi connectivity index (χ0n) is 9.43. The number of aliphatic hydroxyl groups is 3. The van der Waals surface area contributed by atoms with Crippen LogP contribution >= 0.6 is 0 Å². The number of carbonyl (C=O) groups excluding carboxylic acids is 1. The lowest BCUT2D eigenvalue weighted by molar-refractivity contribution is -0.0515. The fourth-order valence-corrected chi connectivity index (χ4v) is 2.00. The molecule has 8 nitrogen and oxygen atoms in total. The molecule has 0 radical (unpaired) electrons. The van der Waals surface area contributed by atoms with E-state index in [1.54, 1.807) is 0 Å². The lowest BCUT2D eigenvalue weighted by Gasteiger charge is -2.18. The van der Waals surface area contributed by atoms with E-state index in [9.17, 15) is 15.0 Å². The van der Waals surface area contributed by atoms with Gasteiger partial charge in [0, 0.05) is 6.20 Å². The Bertz CT molecular complexity index is 460. The quantitative estimate of drug-likeness (QED) is 0.415. The highest BCUT2D eigenvalue weighted by Gasteiger charge is 2.43. The molecule has 0 bridgehead atoms. The summed E-state index contributed by atoms with van der Waals surface area (Å²) >= 11 is 0. The third-order valence-corrected chi connectivity index (χ3v) is 3.01. The van der Waals surface area contributed by atoms with Crippen LogP contribution in [0.2, 0.25) is 0 Å². The van der Waals surface area contributed by atoms with Crippen molar-refractivity contribution in [2.75, 3.05) is 12.3 Å². The molecule has 2 heterocycles. The standard InChI is InChI=1S/C10H15N3O5/c11-8-4(9(12)17)1-2-13(8)10-7(16)6(15)5(3-14)18-10/h1-2,5-7,10,14-16H,3,11H2,(H2,12,17)/t5-,6-,7-,10?/m1/s1. The molecule has 2 rings (SSSR count). The van der Waals surface area contributed by atoms with E-state index in [2.05, 4.69) is 0 Å². The summed E-state index contributed by atoms with van der Waals surface area (Å²) < 4.78 is 6.57. The Hall–Kier alpha value is -1.61. The Kier molecular flexibility index (Phi) is 3.26. The Morgan fingerprint density at radius 1 is 1.44 bits per heavy atom. The summed E-state index contributed by atoms with van der Waals surface area (Å²) in [5, 5.41) is 28.4. The Morgan fingerprint density at radius 3 is 2.56 bits per heavy atom. The molecule has 4 atom stereocenters. The molecule has 0 saturated carbocycles. The minimum Gasteiger partial charge on any atom is -0.394 e. The summed E-state index contributed by atoms with van der Waals surface area (Å²) in [6, 6.07) is 1.40. The highest BCUT2D eigenvalue weighted by molar-refractivity contribution is 5.97. The molecule has 1 fully saturated rings. The van der Waals surface area contributed by atoms with Gasteiger partial charge in [-0.05, 0) is 6.07 Å². The predicted octanol–water partition coefficient (Wildman–Crippen LogP) is -2.22. The van der Waals surface area contributed by atoms with E-state index in [1.807, 2.05) is 0 Å². The van der Waals surface area contributed by atoms with Gasteiger partial charge in [0.25, 0.3) is 5.91 Å². The topological polar surface area (TPSA) is 144 Å². The van der Waals surface area contributed by atoms with Crippen molar-refractivity contribution in [3.63, 3.8) is 0 Å². The fraction of sp³-hybridized carbons (Fsp3) is 0.500. The number of carbonyl (C=O) groups is 1. The van der Waals surface area contributed by atoms with Gasteiger partial charge >= 0.3 is 0 Å². The smallest absolute Gasteiger partial charge is 0.252 e. The molecule has 1 aliphatic rings. The van der Waals surface area contributed by atoms with Gasteiger partial charge in [0.1, 0.15) is 24.1 Å². The summed E-state index contributed by atoms with van der Waals surface area (Å²) in [5.74, 6) is -0.657. The number of aromatic nitrogens is 1. The van der Waals surface area contributed by atoms with Crippen molar-refractivity contribution < 1.29 is 24.9 Å². The first-order valence-electron chi connectivity index (χ1n) is 5.36. The van der Waals surface area contributed by atoms with E-state index >= 15 is 0 Å². The maximum Gasteiger partial charge on any atom is 0.252 e. The molecular formula is C10H15N3O5. The van der Waals surface area contributed by atoms with Crippen LogP contribution in [0.15, 0.2) is 12.3 Å². The molecule has 1 saturated heterocycles. The van der Waals surface area contributed by atoms with Crippen LogP contribution in [0, 0.1) is 0 Å². The molecule has 1 aromatic heterocycles. The second-order valence-corrected chi connectivity index (χ2v) is 4.12. The maximum atomic E-state index is 11.1. The van der Waals surface area contributed by atoms with E-state index in [4.69, 9.17) is 21.3 Å². The Morgan fingerprint density at radius 2 is 2.11 bits per heavy atom. The monoisotopic (exact) mass is 257 g/mol. The van der Waals surface area contributed by atoms with Gasteiger partial charge in [-0.3, -0.25) is 4.79 Å². The largest absolute Gasteiger partial charge is 0.394 e. The highest BCUT2D eigenvalue weighted by atomic mass is 16.6. The molecule has 1 aromatic rings. The molecule has 0 aromatic carbocycles. The first-order chi connectivity index (χ1) is 8.47. The number of rotatable bonds is 3. The highest BCUT2D eigenvalue weighted by Crippen LogP contribution is 2.32. The summed E-state index contributed by atoms with van der Waals surface area (Å²) in [4.78, 5) is 11.1. The van der Waals surface area contributed by atoms with Gasteiger partial charge in [-0.2, -0.15) is 0 Å². The second-order valence-electron chi connectivity index (χ2n) is 4.12. The van der Waals surface area contributed by atoms with Gasteiger partial charge in [0.15, 0.2) is 6.23 Å². The normalized spacial score (nSPS) is 31.7. The van der Waals surface area contributed by atoms with Crippen molar-refractivity contribution in [1.82, 2.24) is 4.57 Å². The van der Waals surface area contributed by atoms with Gasteiger partial charge in [-0.1, -0.05) is 0 Å². The first kappa shape index (κ1) is 12.8. The third kappa shape index (κ3) is 1.85. The third-order valence-electron chi connectivity index (χ3n) is 3.01. The minimum atomic E-state index is -1.25. The zero-order chi connectivity index (χ0) is 13.4. The lowest BCUT2D eigenvalue weighted by atomic mass is 10.1. The van der Waals surface area contributed by atoms with E-state index in [-0.39, 0.29) is 11.4 Å². The average Bonchev–Trinajstić information content (AvgIpc) is 2.82. The van der Waals surface area contributed by atoms with Crippen molar-refractivity contribution in [1.29, 1.82) is 0 Å². The number of aliphatic hydroxyl groups excluding tert-OH is 3. The predicted molar refractivity (Wildman–Crippen MR) is 60.4 cm³/mol. The van der Waals surface area contributed by atoms with Gasteiger partial charge in [-0.25, -0.2) is 0 Å². The van der Waals surface area contributed by atoms with E-state index < -0.39 is 37.1 Å². The van der Waals surface area contributed by atoms with Crippen LogP contribution in [0.4, 0.5) is 5.82 Å². The summed E-state index contributed by atoms with van der Waals surface area (Å²) in [5.41, 5.74) is 10.9. The van der Waals surface area contributed by atoms with Crippen LogP contribution in [0.1, 0.15) is 16.6 Å². The number of amides is 1. The van der Waals surface area contributed by atoms with Crippen LogP contribution in [0.25, 0.3) is 0 Å². The fourth-order valence-electron chi connectivity index (χ4n) is 2.00. The Balaban J connectivity index is 2.30. The number of anilines is 1. The molecule has 7 N–H and O–H groups in total. The maximum absolute atomic E-state index is 11.1. The lowest BCUT2D eigenvalue weighted by Crippen LogP contribution is -2.33. The molecule has 1 amide bonds. The SMILES string of the molecule is NC(=O)c1ccn(C2O[C@H](CO)[C@@H](O)[C@H]2O)c1N. The molecular weight excluding hydrogens is 242 g/mol. The number of ether oxygens (including phenoxy) is 1. The zero-order valence-corrected chi connectivity index (χ0v) is 9.43. The van der Waals surface area contributed by atoms with Gasteiger partial charge in [-0.15, -0.1) is 0 Å². The van der Waals surface area contributed by atoms with Gasteiger partial charge < -0.3 is 36.1 Å². The van der Waals surface area contributed by atoms with Crippen molar-refractivity contribution in [2.45, 2.75) is 24.5 Å². The molecule has 18 heavy (non-hydrogen) atoms. The molecule has 8 heteroatoms. The summed E-state index contributed by atoms with van der Waals surface area (Å²) in [6.07, 6.45) is -2.92. The summed E-state index contributed by atoms with van der Waals surface area (Å²) in [7, 11) is 0. The number of primary amides is 1. The van der Waals surface area contributed by atoms with Crippen molar-refractivity contribution in [3.05, 3.63) is 17.8 Å². The number of nitrogen functional groups attached to an aromatic ring is 1. The number of hydrogen-bond donors (Lipinski definition) is 5. The molecule has 100 valence electrons. The van der Waals surface area contributed by atoms with Gasteiger partial charge in [0.05, 0.1) is 12.2 Å². The Labute approximate surface area is 102 Å². The number of hydrogen-bond acceptors (Lipinski definition) is 6. The van der Waals surface area contributed by atoms with Crippen LogP contribution in [-0.4, -0.2) is 50.7 Å². The van der Waals surface area contributed by atoms with E-state index in [0.717, 1.165) is 0 Å². The molecule has 1 aliphatic heterocycles. The van der Waals surface area contributed by atoms with E-state index in [0.29, 0.717) is 0 Å². The van der Waals surface area contributed by atoms with Crippen LogP contribution in [0.5, 0.6) is 0 Å². The van der Waals surface area contributed by atoms with Crippen LogP contribution in [0.3, 0.4) is 0 Å². The van der Waals surface area contributed by atoms with Crippen LogP contribution < -0.4 is 11.5 Å². The number of nitrogens with two attached hydrogens (primary N) is 2. The molecule has 0 aliphatic carbocycles. The first-order valence-corrected chi connectivity index (χ1v) is 5.36. The second kappa shape index (κ2) is 4.58. The molecule has 1 unspecified atom stereocenters.